The summed E-state index contributed by atoms with van der Waals surface area (Å²) in [6, 6.07) is 7.97. The summed E-state index contributed by atoms with van der Waals surface area (Å²) in [7, 11) is 0. The molecule has 0 bridgehead atoms. The molecule has 5 heteroatoms. The number of nitrogens with zero attached hydrogens (tertiary/aromatic N) is 2. The van der Waals surface area contributed by atoms with Crippen LogP contribution in [0.1, 0.15) is 26.1 Å². The Bertz CT molecular complexity index is 780. The van der Waals surface area contributed by atoms with E-state index in [0.29, 0.717) is 0 Å². The van der Waals surface area contributed by atoms with Crippen LogP contribution >= 0.6 is 0 Å². The number of benzene rings is 1. The molecule has 0 radical (unpaired) electrons. The highest BCUT2D eigenvalue weighted by molar-refractivity contribution is 6.04. The van der Waals surface area contributed by atoms with Crippen molar-refractivity contribution in [2.24, 2.45) is 0 Å². The van der Waals surface area contributed by atoms with Crippen LogP contribution in [0.4, 0.5) is 5.82 Å². The highest BCUT2D eigenvalue weighted by atomic mass is 16.5. The second kappa shape index (κ2) is 6.42. The Hall–Kier alpha value is -1.98. The SMILES string of the molecule is Cc1nc([NH2+]CCCOC(C)C)c2oc3ccccc3c2n1. The van der Waals surface area contributed by atoms with Crippen molar-refractivity contribution in [1.29, 1.82) is 0 Å². The first-order valence-corrected chi connectivity index (χ1v) is 7.76. The third-order valence-corrected chi connectivity index (χ3v) is 3.50. The Morgan fingerprint density at radius 3 is 2.86 bits per heavy atom. The summed E-state index contributed by atoms with van der Waals surface area (Å²) in [6.45, 7) is 7.70. The second-order valence-electron chi connectivity index (χ2n) is 5.70. The molecule has 0 saturated heterocycles. The minimum Gasteiger partial charge on any atom is -0.446 e. The van der Waals surface area contributed by atoms with E-state index in [0.717, 1.165) is 53.3 Å². The van der Waals surface area contributed by atoms with Crippen LogP contribution in [0.2, 0.25) is 0 Å². The van der Waals surface area contributed by atoms with Gasteiger partial charge in [-0.2, -0.15) is 4.98 Å². The number of ether oxygens (including phenoxy) is 1. The molecular formula is C17H22N3O2+. The molecule has 2 heterocycles. The maximum Gasteiger partial charge on any atom is 0.272 e. The quantitative estimate of drug-likeness (QED) is 0.711. The lowest BCUT2D eigenvalue weighted by molar-refractivity contribution is -0.574. The van der Waals surface area contributed by atoms with Gasteiger partial charge in [-0.05, 0) is 32.9 Å². The van der Waals surface area contributed by atoms with E-state index in [4.69, 9.17) is 9.15 Å². The minimum atomic E-state index is 0.281. The van der Waals surface area contributed by atoms with Crippen molar-refractivity contribution in [2.45, 2.75) is 33.3 Å². The Kier molecular flexibility index (Phi) is 4.36. The van der Waals surface area contributed by atoms with Crippen LogP contribution < -0.4 is 5.32 Å². The predicted octanol–water partition coefficient (Wildman–Crippen LogP) is 2.69. The number of furan rings is 1. The Balaban J connectivity index is 1.83. The van der Waals surface area contributed by atoms with Crippen LogP contribution in [-0.2, 0) is 4.74 Å². The van der Waals surface area contributed by atoms with Gasteiger partial charge in [0.2, 0.25) is 5.58 Å². The van der Waals surface area contributed by atoms with Crippen molar-refractivity contribution >= 4 is 27.9 Å². The zero-order chi connectivity index (χ0) is 15.5. The fourth-order valence-electron chi connectivity index (χ4n) is 2.51. The van der Waals surface area contributed by atoms with Gasteiger partial charge in [-0.25, -0.2) is 4.98 Å². The molecule has 1 aromatic carbocycles. The van der Waals surface area contributed by atoms with Gasteiger partial charge in [-0.3, -0.25) is 5.32 Å². The van der Waals surface area contributed by atoms with Gasteiger partial charge in [0, 0.05) is 11.8 Å². The molecule has 0 spiro atoms. The van der Waals surface area contributed by atoms with Crippen molar-refractivity contribution in [3.8, 4) is 0 Å². The van der Waals surface area contributed by atoms with Crippen LogP contribution in [0, 0.1) is 6.92 Å². The number of nitrogens with two attached hydrogens (primary N) is 1. The van der Waals surface area contributed by atoms with Crippen LogP contribution in [0.3, 0.4) is 0 Å². The largest absolute Gasteiger partial charge is 0.446 e. The number of rotatable bonds is 6. The van der Waals surface area contributed by atoms with Crippen LogP contribution in [0.25, 0.3) is 22.1 Å². The molecule has 0 unspecified atom stereocenters. The molecule has 22 heavy (non-hydrogen) atoms. The van der Waals surface area contributed by atoms with Gasteiger partial charge in [-0.1, -0.05) is 12.1 Å². The number of fused-ring (bicyclic) bond motifs is 3. The lowest BCUT2D eigenvalue weighted by atomic mass is 10.2. The average molecular weight is 300 g/mol. The van der Waals surface area contributed by atoms with Gasteiger partial charge >= 0.3 is 0 Å². The van der Waals surface area contributed by atoms with Crippen molar-refractivity contribution < 1.29 is 14.5 Å². The molecule has 3 rings (SSSR count). The predicted molar refractivity (Wildman–Crippen MR) is 86.2 cm³/mol. The molecule has 2 N–H and O–H groups in total. The summed E-state index contributed by atoms with van der Waals surface area (Å²) in [5, 5.41) is 3.16. The van der Waals surface area contributed by atoms with Gasteiger partial charge in [0.15, 0.2) is 0 Å². The summed E-state index contributed by atoms with van der Waals surface area (Å²) in [5.41, 5.74) is 2.53. The third kappa shape index (κ3) is 3.10. The van der Waals surface area contributed by atoms with Gasteiger partial charge in [0.05, 0.1) is 19.3 Å². The fourth-order valence-corrected chi connectivity index (χ4v) is 2.51. The standard InChI is InChI=1S/C17H21N3O2/c1-11(2)21-10-6-9-18-17-16-15(19-12(3)20-17)13-7-4-5-8-14(13)22-16/h4-5,7-8,11H,6,9-10H2,1-3H3,(H,18,19,20)/p+1. The van der Waals surface area contributed by atoms with Crippen molar-refractivity contribution in [1.82, 2.24) is 9.97 Å². The molecule has 0 aliphatic rings. The zero-order valence-corrected chi connectivity index (χ0v) is 13.3. The molecule has 0 saturated carbocycles. The minimum absolute atomic E-state index is 0.281. The molecule has 2 aromatic heterocycles. The van der Waals surface area contributed by atoms with E-state index in [9.17, 15) is 0 Å². The number of aromatic nitrogens is 2. The van der Waals surface area contributed by atoms with E-state index in [1.807, 2.05) is 31.2 Å². The number of aryl methyl sites for hydroxylation is 1. The maximum absolute atomic E-state index is 5.95. The van der Waals surface area contributed by atoms with Gasteiger partial charge < -0.3 is 9.15 Å². The third-order valence-electron chi connectivity index (χ3n) is 3.50. The maximum atomic E-state index is 5.95. The van der Waals surface area contributed by atoms with Crippen molar-refractivity contribution in [3.05, 3.63) is 30.1 Å². The lowest BCUT2D eigenvalue weighted by Crippen LogP contribution is -2.78. The topological polar surface area (TPSA) is 64.8 Å². The smallest absolute Gasteiger partial charge is 0.272 e. The first-order chi connectivity index (χ1) is 10.6. The first kappa shape index (κ1) is 14.9. The normalized spacial score (nSPS) is 11.8. The molecule has 0 aliphatic carbocycles. The molecule has 0 amide bonds. The number of para-hydroxylation sites is 1. The summed E-state index contributed by atoms with van der Waals surface area (Å²) in [4.78, 5) is 9.07. The van der Waals surface area contributed by atoms with Crippen molar-refractivity contribution in [2.75, 3.05) is 13.2 Å². The first-order valence-electron chi connectivity index (χ1n) is 7.76. The monoisotopic (exact) mass is 300 g/mol. The highest BCUT2D eigenvalue weighted by Gasteiger charge is 2.16. The number of quaternary nitrogens is 1. The highest BCUT2D eigenvalue weighted by Crippen LogP contribution is 2.29. The van der Waals surface area contributed by atoms with E-state index in [-0.39, 0.29) is 6.10 Å². The average Bonchev–Trinajstić information content (AvgIpc) is 2.85. The molecule has 0 aliphatic heterocycles. The molecule has 3 aromatic rings. The summed E-state index contributed by atoms with van der Waals surface area (Å²) >= 11 is 0. The number of hydrogen-bond donors (Lipinski definition) is 1. The van der Waals surface area contributed by atoms with E-state index >= 15 is 0 Å². The van der Waals surface area contributed by atoms with E-state index in [1.165, 1.54) is 0 Å². The fraction of sp³-hybridized carbons (Fsp3) is 0.412. The second-order valence-corrected chi connectivity index (χ2v) is 5.70. The summed E-state index contributed by atoms with van der Waals surface area (Å²) < 4.78 is 11.5. The summed E-state index contributed by atoms with van der Waals surface area (Å²) in [6.07, 6.45) is 1.26. The Morgan fingerprint density at radius 2 is 2.05 bits per heavy atom. The Labute approximate surface area is 129 Å². The van der Waals surface area contributed by atoms with Gasteiger partial charge in [0.25, 0.3) is 5.82 Å². The summed E-state index contributed by atoms with van der Waals surface area (Å²) in [5.74, 6) is 1.65. The zero-order valence-electron chi connectivity index (χ0n) is 13.3. The van der Waals surface area contributed by atoms with Crippen LogP contribution in [0.15, 0.2) is 28.7 Å². The van der Waals surface area contributed by atoms with E-state index in [2.05, 4.69) is 29.1 Å². The van der Waals surface area contributed by atoms with Crippen LogP contribution in [-0.4, -0.2) is 29.2 Å². The van der Waals surface area contributed by atoms with Gasteiger partial charge in [-0.15, -0.1) is 0 Å². The molecular weight excluding hydrogens is 278 g/mol. The molecule has 5 nitrogen and oxygen atoms in total. The van der Waals surface area contributed by atoms with Gasteiger partial charge in [0.1, 0.15) is 16.9 Å². The van der Waals surface area contributed by atoms with Crippen LogP contribution in [0.5, 0.6) is 0 Å². The van der Waals surface area contributed by atoms with E-state index < -0.39 is 0 Å². The lowest BCUT2D eigenvalue weighted by Gasteiger charge is -2.06. The van der Waals surface area contributed by atoms with Crippen molar-refractivity contribution in [3.63, 3.8) is 0 Å². The molecule has 116 valence electrons. The number of hydrogen-bond acceptors (Lipinski definition) is 4. The van der Waals surface area contributed by atoms with E-state index in [1.54, 1.807) is 0 Å². The Morgan fingerprint density at radius 1 is 1.23 bits per heavy atom. The molecule has 0 fully saturated rings. The molecule has 0 atom stereocenters.